The number of nitrogens with two attached hydrogens (primary N) is 1. The van der Waals surface area contributed by atoms with Gasteiger partial charge in [0.15, 0.2) is 5.82 Å². The number of nitrogens with zero attached hydrogens (tertiary/aromatic N) is 2. The Morgan fingerprint density at radius 1 is 1.00 bits per heavy atom. The van der Waals surface area contributed by atoms with Gasteiger partial charge in [-0.2, -0.15) is 0 Å². The molecule has 47 heavy (non-hydrogen) atoms. The van der Waals surface area contributed by atoms with Gasteiger partial charge < -0.3 is 26.2 Å². The highest BCUT2D eigenvalue weighted by molar-refractivity contribution is 6.42. The van der Waals surface area contributed by atoms with Crippen molar-refractivity contribution in [1.82, 2.24) is 15.1 Å². The maximum absolute atomic E-state index is 14.9. The second-order valence-corrected chi connectivity index (χ2v) is 15.5. The molecule has 2 aromatic carbocycles. The number of hydrogen-bond acceptors (Lipinski definition) is 5. The van der Waals surface area contributed by atoms with Gasteiger partial charge in [0, 0.05) is 43.4 Å². The number of anilines is 1. The molecule has 4 amide bonds. The number of carbonyl (C=O) groups is 4. The molecule has 2 heterocycles. The van der Waals surface area contributed by atoms with E-state index < -0.39 is 29.7 Å². The molecule has 4 fully saturated rings. The number of amides is 4. The van der Waals surface area contributed by atoms with Crippen molar-refractivity contribution in [1.29, 1.82) is 0 Å². The topological polar surface area (TPSA) is 125 Å². The van der Waals surface area contributed by atoms with Crippen LogP contribution in [0, 0.1) is 11.2 Å². The molecule has 2 atom stereocenters. The zero-order valence-electron chi connectivity index (χ0n) is 26.8. The van der Waals surface area contributed by atoms with Crippen LogP contribution in [0.4, 0.5) is 10.1 Å². The summed E-state index contributed by atoms with van der Waals surface area (Å²) in [6.07, 6.45) is 5.75. The summed E-state index contributed by atoms with van der Waals surface area (Å²) in [5.74, 6) is -2.32. The van der Waals surface area contributed by atoms with Gasteiger partial charge in [-0.1, -0.05) is 47.5 Å². The van der Waals surface area contributed by atoms with Crippen molar-refractivity contribution in [3.8, 4) is 0 Å². The third kappa shape index (κ3) is 6.74. The maximum atomic E-state index is 14.9. The third-order valence-electron chi connectivity index (χ3n) is 10.6. The Hall–Kier alpha value is -3.21. The number of nitrogens with one attached hydrogen (secondary N) is 2. The molecule has 7 rings (SSSR count). The zero-order valence-corrected chi connectivity index (χ0v) is 28.4. The first-order valence-electron chi connectivity index (χ1n) is 16.4. The summed E-state index contributed by atoms with van der Waals surface area (Å²) in [5.41, 5.74) is 7.34. The molecule has 4 N–H and O–H groups in total. The largest absolute Gasteiger partial charge is 0.342 e. The molecule has 0 radical (unpaired) electrons. The Morgan fingerprint density at radius 2 is 1.68 bits per heavy atom. The summed E-state index contributed by atoms with van der Waals surface area (Å²) >= 11 is 11.9. The van der Waals surface area contributed by atoms with Crippen LogP contribution in [-0.2, 0) is 32.1 Å². The second kappa shape index (κ2) is 12.7. The normalized spacial score (nSPS) is 26.3. The van der Waals surface area contributed by atoms with E-state index in [1.165, 1.54) is 17.0 Å². The summed E-state index contributed by atoms with van der Waals surface area (Å²) in [7, 11) is 0. The number of halogens is 3. The highest BCUT2D eigenvalue weighted by Gasteiger charge is 2.66. The number of likely N-dealkylation sites (tertiary alicyclic amines) is 1. The Balaban J connectivity index is 1.20. The molecule has 2 aliphatic heterocycles. The molecule has 2 bridgehead atoms. The summed E-state index contributed by atoms with van der Waals surface area (Å²) in [6, 6.07) is 8.43. The number of rotatable bonds is 9. The van der Waals surface area contributed by atoms with Gasteiger partial charge in [0.2, 0.25) is 23.6 Å². The molecule has 12 heteroatoms. The average Bonchev–Trinajstić information content (AvgIpc) is 3.01. The van der Waals surface area contributed by atoms with Gasteiger partial charge in [0.1, 0.15) is 12.1 Å². The van der Waals surface area contributed by atoms with Crippen molar-refractivity contribution in [2.24, 2.45) is 11.1 Å². The molecular formula is C35H42Cl2FN5O4. The van der Waals surface area contributed by atoms with Crippen LogP contribution in [0.2, 0.25) is 10.0 Å². The summed E-state index contributed by atoms with van der Waals surface area (Å²) in [6.45, 7) is 4.99. The summed E-state index contributed by atoms with van der Waals surface area (Å²) in [4.78, 5) is 58.2. The van der Waals surface area contributed by atoms with Gasteiger partial charge in [0.05, 0.1) is 15.7 Å². The van der Waals surface area contributed by atoms with E-state index >= 15 is 0 Å². The lowest BCUT2D eigenvalue weighted by molar-refractivity contribution is -0.152. The van der Waals surface area contributed by atoms with Crippen LogP contribution >= 0.6 is 23.2 Å². The number of benzene rings is 2. The SMILES string of the molecule is CC1(C)CCCCN1C(=O)CCC(=O)N1Cc2ccccc2C[C@H]1C(=O)NC(CC12CC(N)(C1)C2)C(=O)Nc1ccc(Cl)c(Cl)c1F. The van der Waals surface area contributed by atoms with Crippen LogP contribution in [0.5, 0.6) is 0 Å². The molecule has 1 saturated heterocycles. The van der Waals surface area contributed by atoms with E-state index in [1.807, 2.05) is 29.2 Å². The Labute approximate surface area is 284 Å². The third-order valence-corrected chi connectivity index (χ3v) is 11.4. The number of carbonyl (C=O) groups excluding carboxylic acids is 4. The van der Waals surface area contributed by atoms with E-state index in [0.29, 0.717) is 13.0 Å². The molecule has 252 valence electrons. The Kier molecular flexibility index (Phi) is 9.08. The Morgan fingerprint density at radius 3 is 2.36 bits per heavy atom. The quantitative estimate of drug-likeness (QED) is 0.307. The molecule has 0 spiro atoms. The maximum Gasteiger partial charge on any atom is 0.247 e. The average molecular weight is 687 g/mol. The van der Waals surface area contributed by atoms with E-state index in [9.17, 15) is 23.6 Å². The predicted octanol–water partition coefficient (Wildman–Crippen LogP) is 5.35. The monoisotopic (exact) mass is 685 g/mol. The molecule has 3 aliphatic carbocycles. The van der Waals surface area contributed by atoms with E-state index in [-0.39, 0.29) is 69.8 Å². The fourth-order valence-corrected chi connectivity index (χ4v) is 8.60. The second-order valence-electron chi connectivity index (χ2n) is 14.7. The summed E-state index contributed by atoms with van der Waals surface area (Å²) < 4.78 is 14.9. The van der Waals surface area contributed by atoms with E-state index in [2.05, 4.69) is 24.5 Å². The molecule has 9 nitrogen and oxygen atoms in total. The number of hydrogen-bond donors (Lipinski definition) is 3. The van der Waals surface area contributed by atoms with Crippen molar-refractivity contribution in [3.63, 3.8) is 0 Å². The standard InChI is InChI=1S/C35H42Cl2FN5O4/c1-33(2)13-5-6-14-43(33)28(45)12-11-27(44)42-17-22-8-4-3-7-21(22)15-26(42)32(47)41-25(16-34-18-35(39,19-34)20-34)31(46)40-24-10-9-23(36)29(37)30(24)38/h3-4,7-10,25-26H,5-6,11-20,39H2,1-2H3,(H,40,46)(H,41,47)/t25?,26-,34?,35?/m0/s1. The van der Waals surface area contributed by atoms with Crippen LogP contribution in [-0.4, -0.2) is 63.1 Å². The van der Waals surface area contributed by atoms with Crippen molar-refractivity contribution < 1.29 is 23.6 Å². The molecule has 5 aliphatic rings. The minimum Gasteiger partial charge on any atom is -0.342 e. The lowest BCUT2D eigenvalue weighted by atomic mass is 9.38. The van der Waals surface area contributed by atoms with Crippen LogP contribution in [0.1, 0.15) is 82.8 Å². The predicted molar refractivity (Wildman–Crippen MR) is 178 cm³/mol. The van der Waals surface area contributed by atoms with Crippen LogP contribution < -0.4 is 16.4 Å². The van der Waals surface area contributed by atoms with Gasteiger partial charge in [-0.05, 0) is 87.5 Å². The van der Waals surface area contributed by atoms with Crippen molar-refractivity contribution in [2.75, 3.05) is 11.9 Å². The fraction of sp³-hybridized carbons (Fsp3) is 0.543. The molecular weight excluding hydrogens is 644 g/mol. The number of fused-ring (bicyclic) bond motifs is 1. The Bertz CT molecular complexity index is 1600. The van der Waals surface area contributed by atoms with Crippen LogP contribution in [0.25, 0.3) is 0 Å². The van der Waals surface area contributed by atoms with Gasteiger partial charge in [-0.15, -0.1) is 0 Å². The first-order valence-corrected chi connectivity index (χ1v) is 17.2. The van der Waals surface area contributed by atoms with Crippen molar-refractivity contribution in [2.45, 2.75) is 108 Å². The molecule has 0 aromatic heterocycles. The van der Waals surface area contributed by atoms with E-state index in [4.69, 9.17) is 28.9 Å². The van der Waals surface area contributed by atoms with E-state index in [1.54, 1.807) is 0 Å². The number of piperidine rings is 1. The van der Waals surface area contributed by atoms with Crippen molar-refractivity contribution in [3.05, 3.63) is 63.4 Å². The fourth-order valence-electron chi connectivity index (χ4n) is 8.29. The zero-order chi connectivity index (χ0) is 33.7. The lowest BCUT2D eigenvalue weighted by Gasteiger charge is -2.70. The highest BCUT2D eigenvalue weighted by atomic mass is 35.5. The lowest BCUT2D eigenvalue weighted by Crippen LogP contribution is -2.73. The van der Waals surface area contributed by atoms with Crippen LogP contribution in [0.3, 0.4) is 0 Å². The van der Waals surface area contributed by atoms with Crippen LogP contribution in [0.15, 0.2) is 36.4 Å². The molecule has 1 unspecified atom stereocenters. The van der Waals surface area contributed by atoms with Crippen molar-refractivity contribution >= 4 is 52.5 Å². The van der Waals surface area contributed by atoms with Gasteiger partial charge >= 0.3 is 0 Å². The van der Waals surface area contributed by atoms with Gasteiger partial charge in [0.25, 0.3) is 0 Å². The first-order chi connectivity index (χ1) is 22.2. The minimum absolute atomic E-state index is 0.0119. The van der Waals surface area contributed by atoms with Gasteiger partial charge in [-0.3, -0.25) is 19.2 Å². The van der Waals surface area contributed by atoms with Gasteiger partial charge in [-0.25, -0.2) is 4.39 Å². The minimum atomic E-state index is -1.02. The molecule has 2 aromatic rings. The highest BCUT2D eigenvalue weighted by Crippen LogP contribution is 2.68. The summed E-state index contributed by atoms with van der Waals surface area (Å²) in [5, 5.41) is 5.19. The molecule has 3 saturated carbocycles. The van der Waals surface area contributed by atoms with E-state index in [0.717, 1.165) is 49.7 Å². The smallest absolute Gasteiger partial charge is 0.247 e. The first kappa shape index (κ1) is 33.7.